The zero-order valence-corrected chi connectivity index (χ0v) is 13.9. The number of nitrogens with one attached hydrogen (secondary N) is 3. The Bertz CT molecular complexity index is 835. The number of tetrazole rings is 1. The van der Waals surface area contributed by atoms with Crippen LogP contribution in [-0.2, 0) is 6.54 Å². The van der Waals surface area contributed by atoms with Crippen molar-refractivity contribution in [1.29, 1.82) is 0 Å². The van der Waals surface area contributed by atoms with Crippen LogP contribution < -0.4 is 16.2 Å². The van der Waals surface area contributed by atoms with Crippen molar-refractivity contribution in [2.75, 3.05) is 0 Å². The van der Waals surface area contributed by atoms with E-state index >= 15 is 0 Å². The second-order valence-electron chi connectivity index (χ2n) is 5.05. The molecule has 0 aliphatic rings. The van der Waals surface area contributed by atoms with Crippen molar-refractivity contribution in [1.82, 2.24) is 36.4 Å². The standard InChI is InChI=1S/C16H15N7OS/c24-15(13-6-8-14(9-7-13)23-11-18-21-22-23)19-20-16(25)17-10-12-4-2-1-3-5-12/h1-9,11H,10H2,(H,19,24)(H2,17,20,25). The van der Waals surface area contributed by atoms with Gasteiger partial charge in [-0.3, -0.25) is 15.6 Å². The molecule has 1 heterocycles. The van der Waals surface area contributed by atoms with Crippen LogP contribution in [0.1, 0.15) is 15.9 Å². The molecule has 3 aromatic rings. The van der Waals surface area contributed by atoms with E-state index in [9.17, 15) is 4.79 Å². The summed E-state index contributed by atoms with van der Waals surface area (Å²) in [6, 6.07) is 16.7. The third-order valence-electron chi connectivity index (χ3n) is 3.33. The fraction of sp³-hybridized carbons (Fsp3) is 0.0625. The monoisotopic (exact) mass is 353 g/mol. The van der Waals surface area contributed by atoms with Gasteiger partial charge in [-0.2, -0.15) is 0 Å². The van der Waals surface area contributed by atoms with Crippen LogP contribution in [0.2, 0.25) is 0 Å². The van der Waals surface area contributed by atoms with E-state index in [-0.39, 0.29) is 5.91 Å². The van der Waals surface area contributed by atoms with Crippen LogP contribution in [-0.4, -0.2) is 31.2 Å². The van der Waals surface area contributed by atoms with Crippen molar-refractivity contribution >= 4 is 23.2 Å². The summed E-state index contributed by atoms with van der Waals surface area (Å²) >= 11 is 5.13. The lowest BCUT2D eigenvalue weighted by molar-refractivity contribution is 0.0943. The maximum absolute atomic E-state index is 12.1. The molecule has 0 atom stereocenters. The molecule has 3 N–H and O–H groups in total. The summed E-state index contributed by atoms with van der Waals surface area (Å²) in [4.78, 5) is 12.1. The third kappa shape index (κ3) is 4.58. The highest BCUT2D eigenvalue weighted by molar-refractivity contribution is 7.80. The molecule has 0 radical (unpaired) electrons. The summed E-state index contributed by atoms with van der Waals surface area (Å²) in [5.74, 6) is -0.299. The highest BCUT2D eigenvalue weighted by atomic mass is 32.1. The Morgan fingerprint density at radius 2 is 1.80 bits per heavy atom. The topological polar surface area (TPSA) is 96.8 Å². The Labute approximate surface area is 149 Å². The summed E-state index contributed by atoms with van der Waals surface area (Å²) in [7, 11) is 0. The Kier molecular flexibility index (Phi) is 5.27. The Morgan fingerprint density at radius 1 is 1.04 bits per heavy atom. The number of thiocarbonyl (C=S) groups is 1. The minimum Gasteiger partial charge on any atom is -0.357 e. The zero-order chi connectivity index (χ0) is 17.5. The first-order valence-corrected chi connectivity index (χ1v) is 7.85. The van der Waals surface area contributed by atoms with Crippen LogP contribution in [0.15, 0.2) is 60.9 Å². The van der Waals surface area contributed by atoms with Crippen molar-refractivity contribution in [3.63, 3.8) is 0 Å². The Hall–Kier alpha value is -3.33. The average Bonchev–Trinajstić information content (AvgIpc) is 3.20. The molecule has 126 valence electrons. The number of amides is 1. The van der Waals surface area contributed by atoms with E-state index in [4.69, 9.17) is 12.2 Å². The lowest BCUT2D eigenvalue weighted by Crippen LogP contribution is -2.46. The molecule has 1 aromatic heterocycles. The number of carbonyl (C=O) groups is 1. The SMILES string of the molecule is O=C(NNC(=S)NCc1ccccc1)c1ccc(-n2cnnn2)cc1. The van der Waals surface area contributed by atoms with E-state index in [0.717, 1.165) is 11.3 Å². The first-order chi connectivity index (χ1) is 12.2. The predicted octanol–water partition coefficient (Wildman–Crippen LogP) is 0.971. The summed E-state index contributed by atoms with van der Waals surface area (Å²) in [5.41, 5.74) is 7.56. The lowest BCUT2D eigenvalue weighted by Gasteiger charge is -2.11. The number of hydrogen-bond donors (Lipinski definition) is 3. The van der Waals surface area contributed by atoms with Gasteiger partial charge in [0.2, 0.25) is 0 Å². The van der Waals surface area contributed by atoms with Gasteiger partial charge in [0, 0.05) is 12.1 Å². The van der Waals surface area contributed by atoms with Crippen molar-refractivity contribution in [2.24, 2.45) is 0 Å². The molecular formula is C16H15N7OS. The molecule has 8 nitrogen and oxygen atoms in total. The highest BCUT2D eigenvalue weighted by Crippen LogP contribution is 2.07. The van der Waals surface area contributed by atoms with Gasteiger partial charge in [-0.1, -0.05) is 30.3 Å². The fourth-order valence-electron chi connectivity index (χ4n) is 2.05. The minimum atomic E-state index is -0.299. The number of carbonyl (C=O) groups excluding carboxylic acids is 1. The van der Waals surface area contributed by atoms with Gasteiger partial charge in [0.05, 0.1) is 5.69 Å². The van der Waals surface area contributed by atoms with Gasteiger partial charge in [0.15, 0.2) is 5.11 Å². The van der Waals surface area contributed by atoms with Gasteiger partial charge in [0.1, 0.15) is 6.33 Å². The van der Waals surface area contributed by atoms with Crippen LogP contribution in [0.3, 0.4) is 0 Å². The van der Waals surface area contributed by atoms with Crippen LogP contribution in [0.25, 0.3) is 5.69 Å². The van der Waals surface area contributed by atoms with E-state index in [2.05, 4.69) is 31.7 Å². The van der Waals surface area contributed by atoms with Crippen molar-refractivity contribution < 1.29 is 4.79 Å². The minimum absolute atomic E-state index is 0.299. The van der Waals surface area contributed by atoms with E-state index in [1.165, 1.54) is 11.0 Å². The molecule has 0 aliphatic carbocycles. The van der Waals surface area contributed by atoms with Crippen molar-refractivity contribution in [3.05, 3.63) is 72.1 Å². The summed E-state index contributed by atoms with van der Waals surface area (Å²) < 4.78 is 1.50. The molecule has 0 spiro atoms. The normalized spacial score (nSPS) is 10.1. The molecule has 0 saturated carbocycles. The van der Waals surface area contributed by atoms with Crippen molar-refractivity contribution in [2.45, 2.75) is 6.54 Å². The van der Waals surface area contributed by atoms with Gasteiger partial charge in [0.25, 0.3) is 5.91 Å². The largest absolute Gasteiger partial charge is 0.357 e. The molecule has 0 aliphatic heterocycles. The number of hydrazine groups is 1. The molecule has 0 bridgehead atoms. The molecule has 25 heavy (non-hydrogen) atoms. The van der Waals surface area contributed by atoms with E-state index < -0.39 is 0 Å². The van der Waals surface area contributed by atoms with Gasteiger partial charge in [-0.05, 0) is 52.5 Å². The van der Waals surface area contributed by atoms with E-state index in [1.807, 2.05) is 30.3 Å². The zero-order valence-electron chi connectivity index (χ0n) is 13.1. The summed E-state index contributed by atoms with van der Waals surface area (Å²) in [5, 5.41) is 14.3. The predicted molar refractivity (Wildman–Crippen MR) is 95.6 cm³/mol. The van der Waals surface area contributed by atoms with Crippen LogP contribution in [0.4, 0.5) is 0 Å². The number of nitrogens with zero attached hydrogens (tertiary/aromatic N) is 4. The molecule has 2 aromatic carbocycles. The Balaban J connectivity index is 1.48. The van der Waals surface area contributed by atoms with Crippen LogP contribution >= 0.6 is 12.2 Å². The second kappa shape index (κ2) is 7.97. The molecule has 9 heteroatoms. The number of benzene rings is 2. The average molecular weight is 353 g/mol. The second-order valence-corrected chi connectivity index (χ2v) is 5.46. The summed E-state index contributed by atoms with van der Waals surface area (Å²) in [6.45, 7) is 0.573. The van der Waals surface area contributed by atoms with Crippen LogP contribution in [0.5, 0.6) is 0 Å². The van der Waals surface area contributed by atoms with Gasteiger partial charge in [-0.25, -0.2) is 4.68 Å². The molecular weight excluding hydrogens is 338 g/mol. The smallest absolute Gasteiger partial charge is 0.269 e. The molecule has 1 amide bonds. The number of hydrogen-bond acceptors (Lipinski definition) is 5. The third-order valence-corrected chi connectivity index (χ3v) is 3.57. The van der Waals surface area contributed by atoms with Crippen LogP contribution in [0, 0.1) is 0 Å². The molecule has 0 fully saturated rings. The van der Waals surface area contributed by atoms with Gasteiger partial charge in [-0.15, -0.1) is 5.10 Å². The summed E-state index contributed by atoms with van der Waals surface area (Å²) in [6.07, 6.45) is 1.48. The highest BCUT2D eigenvalue weighted by Gasteiger charge is 2.06. The molecule has 0 unspecified atom stereocenters. The van der Waals surface area contributed by atoms with E-state index in [0.29, 0.717) is 17.2 Å². The van der Waals surface area contributed by atoms with Gasteiger partial charge >= 0.3 is 0 Å². The molecule has 3 rings (SSSR count). The number of aromatic nitrogens is 4. The van der Waals surface area contributed by atoms with Gasteiger partial charge < -0.3 is 5.32 Å². The molecule has 0 saturated heterocycles. The quantitative estimate of drug-likeness (QED) is 0.475. The number of rotatable bonds is 4. The lowest BCUT2D eigenvalue weighted by atomic mass is 10.2. The van der Waals surface area contributed by atoms with E-state index in [1.54, 1.807) is 24.3 Å². The Morgan fingerprint density at radius 3 is 2.48 bits per heavy atom. The fourth-order valence-corrected chi connectivity index (χ4v) is 2.18. The maximum Gasteiger partial charge on any atom is 0.269 e. The first-order valence-electron chi connectivity index (χ1n) is 7.44. The van der Waals surface area contributed by atoms with Crippen molar-refractivity contribution in [3.8, 4) is 5.69 Å². The maximum atomic E-state index is 12.1. The first kappa shape index (κ1) is 16.5.